The number of hydrogen-bond donors (Lipinski definition) is 1. The van der Waals surface area contributed by atoms with Gasteiger partial charge < -0.3 is 10.5 Å². The zero-order valence-corrected chi connectivity index (χ0v) is 9.27. The molecule has 1 aliphatic rings. The molecule has 0 spiro atoms. The van der Waals surface area contributed by atoms with Crippen LogP contribution >= 0.6 is 11.3 Å². The van der Waals surface area contributed by atoms with Gasteiger partial charge in [-0.15, -0.1) is 0 Å². The van der Waals surface area contributed by atoms with Crippen LogP contribution in [0, 0.1) is 0 Å². The van der Waals surface area contributed by atoms with Crippen molar-refractivity contribution in [2.45, 2.75) is 31.6 Å². The first-order valence-corrected chi connectivity index (χ1v) is 5.97. The first kappa shape index (κ1) is 9.93. The van der Waals surface area contributed by atoms with Gasteiger partial charge in [0.15, 0.2) is 0 Å². The van der Waals surface area contributed by atoms with Crippen LogP contribution in [0.3, 0.4) is 0 Å². The SMILES string of the molecule is CCOc1nc(C2(CN)CCC2)cs1. The summed E-state index contributed by atoms with van der Waals surface area (Å²) in [5.74, 6) is 0. The molecule has 0 radical (unpaired) electrons. The predicted octanol–water partition coefficient (Wildman–Crippen LogP) is 1.92. The molecule has 0 atom stereocenters. The lowest BCUT2D eigenvalue weighted by Crippen LogP contribution is -2.41. The second-order valence-corrected chi connectivity index (χ2v) is 4.59. The lowest BCUT2D eigenvalue weighted by molar-refractivity contribution is 0.244. The number of ether oxygens (including phenoxy) is 1. The maximum Gasteiger partial charge on any atom is 0.273 e. The second kappa shape index (κ2) is 3.87. The summed E-state index contributed by atoms with van der Waals surface area (Å²) in [4.78, 5) is 4.48. The number of nitrogens with zero attached hydrogens (tertiary/aromatic N) is 1. The molecular formula is C10H16N2OS. The summed E-state index contributed by atoms with van der Waals surface area (Å²) in [6, 6.07) is 0. The fraction of sp³-hybridized carbons (Fsp3) is 0.700. The molecular weight excluding hydrogens is 196 g/mol. The normalized spacial score (nSPS) is 19.0. The van der Waals surface area contributed by atoms with E-state index in [4.69, 9.17) is 10.5 Å². The van der Waals surface area contributed by atoms with Crippen molar-refractivity contribution in [3.8, 4) is 5.19 Å². The summed E-state index contributed by atoms with van der Waals surface area (Å²) in [6.45, 7) is 3.37. The van der Waals surface area contributed by atoms with E-state index < -0.39 is 0 Å². The smallest absolute Gasteiger partial charge is 0.273 e. The molecule has 4 heteroatoms. The van der Waals surface area contributed by atoms with Crippen molar-refractivity contribution >= 4 is 11.3 Å². The Morgan fingerprint density at radius 1 is 1.64 bits per heavy atom. The van der Waals surface area contributed by atoms with E-state index in [0.717, 1.165) is 10.9 Å². The molecule has 1 fully saturated rings. The van der Waals surface area contributed by atoms with Gasteiger partial charge in [-0.25, -0.2) is 4.98 Å². The molecule has 1 aromatic rings. The zero-order chi connectivity index (χ0) is 10.0. The second-order valence-electron chi connectivity index (χ2n) is 3.77. The van der Waals surface area contributed by atoms with Crippen molar-refractivity contribution in [1.82, 2.24) is 4.98 Å². The van der Waals surface area contributed by atoms with Gasteiger partial charge in [0.25, 0.3) is 5.19 Å². The Morgan fingerprint density at radius 2 is 2.43 bits per heavy atom. The van der Waals surface area contributed by atoms with E-state index in [0.29, 0.717) is 13.2 Å². The average Bonchev–Trinajstić information content (AvgIpc) is 2.54. The molecule has 0 unspecified atom stereocenters. The quantitative estimate of drug-likeness (QED) is 0.829. The van der Waals surface area contributed by atoms with Crippen LogP contribution in [0.2, 0.25) is 0 Å². The molecule has 0 bridgehead atoms. The fourth-order valence-electron chi connectivity index (χ4n) is 1.86. The third-order valence-corrected chi connectivity index (χ3v) is 3.75. The van der Waals surface area contributed by atoms with Crippen molar-refractivity contribution in [3.05, 3.63) is 11.1 Å². The monoisotopic (exact) mass is 212 g/mol. The van der Waals surface area contributed by atoms with Crippen molar-refractivity contribution in [2.75, 3.05) is 13.2 Å². The first-order chi connectivity index (χ1) is 6.80. The molecule has 1 aliphatic carbocycles. The molecule has 3 nitrogen and oxygen atoms in total. The molecule has 0 aromatic carbocycles. The van der Waals surface area contributed by atoms with E-state index in [1.165, 1.54) is 19.3 Å². The van der Waals surface area contributed by atoms with Crippen LogP contribution in [-0.2, 0) is 5.41 Å². The highest BCUT2D eigenvalue weighted by molar-refractivity contribution is 7.11. The number of nitrogens with two attached hydrogens (primary N) is 1. The van der Waals surface area contributed by atoms with Gasteiger partial charge in [0.05, 0.1) is 12.3 Å². The topological polar surface area (TPSA) is 48.1 Å². The minimum Gasteiger partial charge on any atom is -0.470 e. The molecule has 1 saturated carbocycles. The highest BCUT2D eigenvalue weighted by Gasteiger charge is 2.39. The molecule has 2 N–H and O–H groups in total. The van der Waals surface area contributed by atoms with E-state index in [-0.39, 0.29) is 5.41 Å². The maximum atomic E-state index is 5.81. The summed E-state index contributed by atoms with van der Waals surface area (Å²) < 4.78 is 5.36. The molecule has 1 aromatic heterocycles. The maximum absolute atomic E-state index is 5.81. The highest BCUT2D eigenvalue weighted by Crippen LogP contribution is 2.43. The van der Waals surface area contributed by atoms with Crippen molar-refractivity contribution < 1.29 is 4.74 Å². The van der Waals surface area contributed by atoms with Gasteiger partial charge in [0.1, 0.15) is 0 Å². The highest BCUT2D eigenvalue weighted by atomic mass is 32.1. The van der Waals surface area contributed by atoms with E-state index in [1.807, 2.05) is 6.92 Å². The Hall–Kier alpha value is -0.610. The van der Waals surface area contributed by atoms with Crippen molar-refractivity contribution in [3.63, 3.8) is 0 Å². The molecule has 1 heterocycles. The Bertz CT molecular complexity index is 301. The minimum atomic E-state index is 0.172. The van der Waals surface area contributed by atoms with E-state index in [9.17, 15) is 0 Å². The summed E-state index contributed by atoms with van der Waals surface area (Å²) in [5.41, 5.74) is 7.12. The van der Waals surface area contributed by atoms with Crippen LogP contribution in [-0.4, -0.2) is 18.1 Å². The lowest BCUT2D eigenvalue weighted by atomic mass is 9.67. The Labute approximate surface area is 88.3 Å². The largest absolute Gasteiger partial charge is 0.470 e. The predicted molar refractivity (Wildman–Crippen MR) is 57.9 cm³/mol. The van der Waals surface area contributed by atoms with Gasteiger partial charge in [0, 0.05) is 17.3 Å². The molecule has 0 amide bonds. The summed E-state index contributed by atoms with van der Waals surface area (Å²) in [6.07, 6.45) is 3.64. The average molecular weight is 212 g/mol. The molecule has 78 valence electrons. The van der Waals surface area contributed by atoms with E-state index >= 15 is 0 Å². The van der Waals surface area contributed by atoms with Gasteiger partial charge >= 0.3 is 0 Å². The van der Waals surface area contributed by atoms with Gasteiger partial charge in [0.2, 0.25) is 0 Å². The number of aromatic nitrogens is 1. The number of thiazole rings is 1. The third kappa shape index (κ3) is 1.53. The summed E-state index contributed by atoms with van der Waals surface area (Å²) in [5, 5.41) is 2.87. The van der Waals surface area contributed by atoms with Gasteiger partial charge in [-0.2, -0.15) is 0 Å². The first-order valence-electron chi connectivity index (χ1n) is 5.09. The van der Waals surface area contributed by atoms with Gasteiger partial charge in [-0.05, 0) is 19.8 Å². The van der Waals surface area contributed by atoms with Crippen LogP contribution in [0.25, 0.3) is 0 Å². The number of rotatable bonds is 4. The molecule has 0 aliphatic heterocycles. The van der Waals surface area contributed by atoms with Crippen LogP contribution in [0.4, 0.5) is 0 Å². The standard InChI is InChI=1S/C10H16N2OS/c1-2-13-9-12-8(6-14-9)10(7-11)4-3-5-10/h6H,2-5,7,11H2,1H3. The Morgan fingerprint density at radius 3 is 2.93 bits per heavy atom. The Kier molecular flexibility index (Phi) is 2.74. The number of hydrogen-bond acceptors (Lipinski definition) is 4. The van der Waals surface area contributed by atoms with Crippen molar-refractivity contribution in [2.24, 2.45) is 5.73 Å². The molecule has 0 saturated heterocycles. The third-order valence-electron chi connectivity index (χ3n) is 3.00. The summed E-state index contributed by atoms with van der Waals surface area (Å²) >= 11 is 1.58. The van der Waals surface area contributed by atoms with Crippen LogP contribution < -0.4 is 10.5 Å². The van der Waals surface area contributed by atoms with Crippen LogP contribution in [0.5, 0.6) is 5.19 Å². The Balaban J connectivity index is 2.15. The summed E-state index contributed by atoms with van der Waals surface area (Å²) in [7, 11) is 0. The van der Waals surface area contributed by atoms with E-state index in [1.54, 1.807) is 11.3 Å². The van der Waals surface area contributed by atoms with E-state index in [2.05, 4.69) is 10.4 Å². The van der Waals surface area contributed by atoms with Crippen molar-refractivity contribution in [1.29, 1.82) is 0 Å². The minimum absolute atomic E-state index is 0.172. The molecule has 14 heavy (non-hydrogen) atoms. The van der Waals surface area contributed by atoms with Gasteiger partial charge in [-0.1, -0.05) is 17.8 Å². The lowest BCUT2D eigenvalue weighted by Gasteiger charge is -2.39. The van der Waals surface area contributed by atoms with Crippen LogP contribution in [0.15, 0.2) is 5.38 Å². The zero-order valence-electron chi connectivity index (χ0n) is 8.45. The van der Waals surface area contributed by atoms with Crippen LogP contribution in [0.1, 0.15) is 31.9 Å². The van der Waals surface area contributed by atoms with Gasteiger partial charge in [-0.3, -0.25) is 0 Å². The fourth-order valence-corrected chi connectivity index (χ4v) is 2.71. The molecule has 2 rings (SSSR count).